The van der Waals surface area contributed by atoms with Crippen molar-refractivity contribution >= 4 is 28.9 Å². The molecule has 0 unspecified atom stereocenters. The van der Waals surface area contributed by atoms with Crippen molar-refractivity contribution in [3.8, 4) is 0 Å². The summed E-state index contributed by atoms with van der Waals surface area (Å²) in [6, 6.07) is 9.51. The quantitative estimate of drug-likeness (QED) is 0.864. The summed E-state index contributed by atoms with van der Waals surface area (Å²) in [5.41, 5.74) is 2.85. The van der Waals surface area contributed by atoms with Crippen molar-refractivity contribution in [1.82, 2.24) is 0 Å². The topological polar surface area (TPSA) is 55.4 Å². The Labute approximate surface area is 127 Å². The second-order valence-corrected chi connectivity index (χ2v) is 5.87. The molecule has 1 aromatic carbocycles. The predicted molar refractivity (Wildman–Crippen MR) is 83.5 cm³/mol. The molecule has 110 valence electrons. The van der Waals surface area contributed by atoms with Gasteiger partial charge < -0.3 is 10.1 Å². The third kappa shape index (κ3) is 5.04. The van der Waals surface area contributed by atoms with E-state index in [1.807, 2.05) is 49.6 Å². The minimum Gasteiger partial charge on any atom is -0.455 e. The maximum absolute atomic E-state index is 11.8. The lowest BCUT2D eigenvalue weighted by Crippen LogP contribution is -2.21. The van der Waals surface area contributed by atoms with E-state index in [1.165, 1.54) is 11.3 Å². The fraction of sp³-hybridized carbons (Fsp3) is 0.250. The number of ether oxygens (including phenoxy) is 1. The second-order valence-electron chi connectivity index (χ2n) is 4.84. The Bertz CT molecular complexity index is 615. The van der Waals surface area contributed by atoms with Crippen LogP contribution in [0, 0.1) is 13.8 Å². The van der Waals surface area contributed by atoms with Crippen molar-refractivity contribution in [3.63, 3.8) is 0 Å². The van der Waals surface area contributed by atoms with Crippen LogP contribution in [0.2, 0.25) is 0 Å². The van der Waals surface area contributed by atoms with Gasteiger partial charge in [-0.3, -0.25) is 9.59 Å². The molecular weight excluding hydrogens is 286 g/mol. The van der Waals surface area contributed by atoms with Crippen LogP contribution in [0.5, 0.6) is 0 Å². The normalized spacial score (nSPS) is 10.2. The first kappa shape index (κ1) is 15.3. The van der Waals surface area contributed by atoms with Gasteiger partial charge in [0, 0.05) is 10.6 Å². The smallest absolute Gasteiger partial charge is 0.311 e. The third-order valence-electron chi connectivity index (χ3n) is 2.77. The first-order chi connectivity index (χ1) is 10.0. The Morgan fingerprint density at radius 2 is 1.90 bits per heavy atom. The van der Waals surface area contributed by atoms with Crippen molar-refractivity contribution in [2.45, 2.75) is 20.3 Å². The molecule has 1 aromatic heterocycles. The van der Waals surface area contributed by atoms with Crippen molar-refractivity contribution in [3.05, 3.63) is 51.7 Å². The van der Waals surface area contributed by atoms with E-state index in [0.717, 1.165) is 16.0 Å². The molecular formula is C16H17NO3S. The van der Waals surface area contributed by atoms with Gasteiger partial charge in [0.25, 0.3) is 5.91 Å². The Hall–Kier alpha value is -2.14. The molecule has 0 aliphatic heterocycles. The van der Waals surface area contributed by atoms with E-state index in [1.54, 1.807) is 0 Å². The highest BCUT2D eigenvalue weighted by molar-refractivity contribution is 7.10. The van der Waals surface area contributed by atoms with Gasteiger partial charge in [-0.15, -0.1) is 11.3 Å². The summed E-state index contributed by atoms with van der Waals surface area (Å²) in [7, 11) is 0. The molecule has 0 atom stereocenters. The Kier molecular flexibility index (Phi) is 5.11. The molecule has 1 heterocycles. The maximum Gasteiger partial charge on any atom is 0.311 e. The molecule has 1 N–H and O–H groups in total. The lowest BCUT2D eigenvalue weighted by atomic mass is 10.1. The number of carbonyl (C=O) groups is 2. The average Bonchev–Trinajstić information content (AvgIpc) is 2.88. The molecule has 4 nitrogen and oxygen atoms in total. The number of hydrogen-bond donors (Lipinski definition) is 1. The summed E-state index contributed by atoms with van der Waals surface area (Å²) in [5.74, 6) is -0.729. The number of thiophene rings is 1. The van der Waals surface area contributed by atoms with E-state index in [9.17, 15) is 9.59 Å². The fourth-order valence-corrected chi connectivity index (χ4v) is 2.69. The molecule has 0 saturated heterocycles. The van der Waals surface area contributed by atoms with Crippen LogP contribution >= 0.6 is 11.3 Å². The number of nitrogens with one attached hydrogen (secondary N) is 1. The minimum atomic E-state index is -0.395. The van der Waals surface area contributed by atoms with Crippen LogP contribution in [0.4, 0.5) is 5.69 Å². The fourth-order valence-electron chi connectivity index (χ4n) is 2.00. The van der Waals surface area contributed by atoms with Crippen molar-refractivity contribution in [2.24, 2.45) is 0 Å². The first-order valence-corrected chi connectivity index (χ1v) is 7.47. The highest BCUT2D eigenvalue weighted by Gasteiger charge is 2.09. The summed E-state index contributed by atoms with van der Waals surface area (Å²) in [4.78, 5) is 24.3. The van der Waals surface area contributed by atoms with Gasteiger partial charge in [0.2, 0.25) is 0 Å². The van der Waals surface area contributed by atoms with E-state index in [4.69, 9.17) is 4.74 Å². The highest BCUT2D eigenvalue weighted by Crippen LogP contribution is 2.13. The molecule has 2 aromatic rings. The number of hydrogen-bond acceptors (Lipinski definition) is 4. The third-order valence-corrected chi connectivity index (χ3v) is 3.64. The van der Waals surface area contributed by atoms with Crippen LogP contribution in [0.3, 0.4) is 0 Å². The zero-order valence-corrected chi connectivity index (χ0v) is 12.8. The van der Waals surface area contributed by atoms with E-state index in [2.05, 4.69) is 5.32 Å². The number of amides is 1. The molecule has 0 aliphatic carbocycles. The van der Waals surface area contributed by atoms with Gasteiger partial charge in [-0.05, 0) is 48.6 Å². The second kappa shape index (κ2) is 7.04. The van der Waals surface area contributed by atoms with Crippen molar-refractivity contribution < 1.29 is 14.3 Å². The summed E-state index contributed by atoms with van der Waals surface area (Å²) >= 11 is 1.49. The Morgan fingerprint density at radius 3 is 2.52 bits per heavy atom. The number of anilines is 1. The number of rotatable bonds is 5. The van der Waals surface area contributed by atoms with Crippen LogP contribution in [0.25, 0.3) is 0 Å². The molecule has 0 aliphatic rings. The highest BCUT2D eigenvalue weighted by atomic mass is 32.1. The van der Waals surface area contributed by atoms with Gasteiger partial charge in [0.1, 0.15) is 0 Å². The largest absolute Gasteiger partial charge is 0.455 e. The Morgan fingerprint density at radius 1 is 1.19 bits per heavy atom. The molecule has 2 rings (SSSR count). The number of esters is 1. The van der Waals surface area contributed by atoms with Gasteiger partial charge in [0.05, 0.1) is 6.42 Å². The van der Waals surface area contributed by atoms with Crippen molar-refractivity contribution in [2.75, 3.05) is 11.9 Å². The SMILES string of the molecule is Cc1cc(C)cc(NC(=O)COC(=O)Cc2cccs2)c1. The van der Waals surface area contributed by atoms with Crippen LogP contribution in [0.15, 0.2) is 35.7 Å². The summed E-state index contributed by atoms with van der Waals surface area (Å²) in [6.07, 6.45) is 0.203. The van der Waals surface area contributed by atoms with E-state index in [0.29, 0.717) is 5.69 Å². The monoisotopic (exact) mass is 303 g/mol. The van der Waals surface area contributed by atoms with E-state index in [-0.39, 0.29) is 18.9 Å². The lowest BCUT2D eigenvalue weighted by Gasteiger charge is -2.08. The minimum absolute atomic E-state index is 0.203. The molecule has 5 heteroatoms. The molecule has 0 radical (unpaired) electrons. The van der Waals surface area contributed by atoms with Gasteiger partial charge in [-0.2, -0.15) is 0 Å². The molecule has 0 spiro atoms. The van der Waals surface area contributed by atoms with Crippen LogP contribution < -0.4 is 5.32 Å². The molecule has 0 bridgehead atoms. The first-order valence-electron chi connectivity index (χ1n) is 6.59. The van der Waals surface area contributed by atoms with Gasteiger partial charge in [0.15, 0.2) is 6.61 Å². The molecule has 0 fully saturated rings. The predicted octanol–water partition coefficient (Wildman–Crippen LogP) is 3.09. The number of benzene rings is 1. The van der Waals surface area contributed by atoms with Gasteiger partial charge in [-0.1, -0.05) is 12.1 Å². The zero-order valence-electron chi connectivity index (χ0n) is 12.0. The van der Waals surface area contributed by atoms with Crippen LogP contribution in [-0.2, 0) is 20.7 Å². The maximum atomic E-state index is 11.8. The summed E-state index contributed by atoms with van der Waals surface area (Å²) in [5, 5.41) is 4.62. The van der Waals surface area contributed by atoms with Crippen LogP contribution in [-0.4, -0.2) is 18.5 Å². The molecule has 21 heavy (non-hydrogen) atoms. The summed E-state index contributed by atoms with van der Waals surface area (Å²) < 4.78 is 4.97. The number of carbonyl (C=O) groups excluding carboxylic acids is 2. The lowest BCUT2D eigenvalue weighted by molar-refractivity contribution is -0.146. The zero-order chi connectivity index (χ0) is 15.2. The Balaban J connectivity index is 1.80. The summed E-state index contributed by atoms with van der Waals surface area (Å²) in [6.45, 7) is 3.66. The number of aryl methyl sites for hydroxylation is 2. The van der Waals surface area contributed by atoms with E-state index >= 15 is 0 Å². The van der Waals surface area contributed by atoms with Crippen LogP contribution in [0.1, 0.15) is 16.0 Å². The standard InChI is InChI=1S/C16H17NO3S/c1-11-6-12(2)8-13(7-11)17-15(18)10-20-16(19)9-14-4-3-5-21-14/h3-8H,9-10H2,1-2H3,(H,17,18). The van der Waals surface area contributed by atoms with E-state index < -0.39 is 5.97 Å². The molecule has 1 amide bonds. The average molecular weight is 303 g/mol. The molecule has 0 saturated carbocycles. The van der Waals surface area contributed by atoms with Gasteiger partial charge >= 0.3 is 5.97 Å². The van der Waals surface area contributed by atoms with Gasteiger partial charge in [-0.25, -0.2) is 0 Å². The van der Waals surface area contributed by atoms with Crippen molar-refractivity contribution in [1.29, 1.82) is 0 Å².